The van der Waals surface area contributed by atoms with E-state index >= 15 is 0 Å². The van der Waals surface area contributed by atoms with E-state index in [1.165, 1.54) is 20.9 Å². The first-order valence-electron chi connectivity index (χ1n) is 6.36. The van der Waals surface area contributed by atoms with Crippen molar-refractivity contribution in [3.63, 3.8) is 0 Å². The lowest BCUT2D eigenvalue weighted by atomic mass is 10.1. The molecule has 0 aliphatic rings. The molecule has 1 heterocycles. The molecule has 0 saturated carbocycles. The quantitative estimate of drug-likeness (QED) is 0.694. The molecule has 1 aromatic heterocycles. The second kappa shape index (κ2) is 4.58. The third-order valence-electron chi connectivity index (χ3n) is 3.38. The molecule has 0 N–H and O–H groups in total. The molecular weight excluding hydrogens is 240 g/mol. The van der Waals surface area contributed by atoms with Crippen LogP contribution >= 0.6 is 11.5 Å². The lowest BCUT2D eigenvalue weighted by molar-refractivity contribution is 0.859. The van der Waals surface area contributed by atoms with Crippen LogP contribution < -0.4 is 4.90 Å². The fraction of sp³-hybridized carbons (Fsp3) is 0.267. The summed E-state index contributed by atoms with van der Waals surface area (Å²) in [4.78, 5) is 2.31. The van der Waals surface area contributed by atoms with Crippen LogP contribution in [-0.4, -0.2) is 17.5 Å². The number of aromatic nitrogens is 1. The van der Waals surface area contributed by atoms with Gasteiger partial charge in [-0.1, -0.05) is 24.3 Å². The summed E-state index contributed by atoms with van der Waals surface area (Å²) >= 11 is 1.60. The molecule has 0 atom stereocenters. The van der Waals surface area contributed by atoms with Crippen molar-refractivity contribution in [2.75, 3.05) is 18.0 Å². The Balaban J connectivity index is 2.26. The summed E-state index contributed by atoms with van der Waals surface area (Å²) in [5, 5.41) is 3.86. The van der Waals surface area contributed by atoms with Gasteiger partial charge in [-0.15, -0.1) is 0 Å². The zero-order valence-corrected chi connectivity index (χ0v) is 11.5. The van der Waals surface area contributed by atoms with Gasteiger partial charge in [0.2, 0.25) is 0 Å². The number of anilines is 1. The molecule has 0 radical (unpaired) electrons. The van der Waals surface area contributed by atoms with Gasteiger partial charge in [0.25, 0.3) is 0 Å². The molecule has 0 saturated heterocycles. The Morgan fingerprint density at radius 2 is 1.72 bits per heavy atom. The molecule has 0 fully saturated rings. The highest BCUT2D eigenvalue weighted by Gasteiger charge is 2.11. The zero-order chi connectivity index (χ0) is 12.5. The maximum Gasteiger partial charge on any atom is 0.150 e. The van der Waals surface area contributed by atoms with Crippen molar-refractivity contribution in [3.8, 4) is 0 Å². The van der Waals surface area contributed by atoms with Gasteiger partial charge in [0.1, 0.15) is 5.82 Å². The smallest absolute Gasteiger partial charge is 0.150 e. The summed E-state index contributed by atoms with van der Waals surface area (Å²) < 4.78 is 5.90. The number of nitrogens with zero attached hydrogens (tertiary/aromatic N) is 2. The predicted octanol–water partition coefficient (Wildman–Crippen LogP) is 4.30. The summed E-state index contributed by atoms with van der Waals surface area (Å²) in [6, 6.07) is 13.0. The van der Waals surface area contributed by atoms with Gasteiger partial charge in [0, 0.05) is 18.5 Å². The van der Waals surface area contributed by atoms with Crippen LogP contribution in [0, 0.1) is 0 Å². The molecule has 18 heavy (non-hydrogen) atoms. The molecule has 3 rings (SSSR count). The Morgan fingerprint density at radius 1 is 1.06 bits per heavy atom. The number of rotatable bonds is 3. The second-order valence-electron chi connectivity index (χ2n) is 4.37. The average Bonchev–Trinajstić information content (AvgIpc) is 2.81. The van der Waals surface area contributed by atoms with E-state index in [1.807, 2.05) is 0 Å². The number of hydrogen-bond acceptors (Lipinski definition) is 3. The van der Waals surface area contributed by atoms with Crippen molar-refractivity contribution < 1.29 is 0 Å². The summed E-state index contributed by atoms with van der Waals surface area (Å²) in [5.74, 6) is 1.13. The third-order valence-corrected chi connectivity index (χ3v) is 4.18. The first-order valence-corrected chi connectivity index (χ1v) is 7.14. The lowest BCUT2D eigenvalue weighted by Gasteiger charge is -2.18. The molecule has 0 bridgehead atoms. The monoisotopic (exact) mass is 256 g/mol. The summed E-state index contributed by atoms with van der Waals surface area (Å²) in [5.41, 5.74) is 0. The van der Waals surface area contributed by atoms with E-state index < -0.39 is 0 Å². The van der Waals surface area contributed by atoms with Gasteiger partial charge in [-0.25, -0.2) is 0 Å². The van der Waals surface area contributed by atoms with Gasteiger partial charge < -0.3 is 4.90 Å². The Kier molecular flexibility index (Phi) is 2.92. The van der Waals surface area contributed by atoms with Gasteiger partial charge in [-0.05, 0) is 48.3 Å². The molecule has 2 aromatic carbocycles. The highest BCUT2D eigenvalue weighted by Crippen LogP contribution is 2.32. The fourth-order valence-corrected chi connectivity index (χ4v) is 3.19. The lowest BCUT2D eigenvalue weighted by Crippen LogP contribution is -2.22. The molecule has 2 nitrogen and oxygen atoms in total. The van der Waals surface area contributed by atoms with Gasteiger partial charge in [-0.2, -0.15) is 4.37 Å². The van der Waals surface area contributed by atoms with Crippen molar-refractivity contribution in [1.82, 2.24) is 4.37 Å². The summed E-state index contributed by atoms with van der Waals surface area (Å²) in [7, 11) is 0. The number of hydrogen-bond donors (Lipinski definition) is 0. The number of fused-ring (bicyclic) bond motifs is 2. The molecule has 3 aromatic rings. The van der Waals surface area contributed by atoms with Crippen molar-refractivity contribution in [2.45, 2.75) is 13.8 Å². The third kappa shape index (κ3) is 1.75. The predicted molar refractivity (Wildman–Crippen MR) is 80.7 cm³/mol. The molecule has 0 amide bonds. The Hall–Kier alpha value is -1.61. The van der Waals surface area contributed by atoms with Crippen LogP contribution in [0.5, 0.6) is 0 Å². The minimum absolute atomic E-state index is 1.00. The summed E-state index contributed by atoms with van der Waals surface area (Å²) in [6.07, 6.45) is 0. The van der Waals surface area contributed by atoms with E-state index in [2.05, 4.69) is 59.5 Å². The van der Waals surface area contributed by atoms with Crippen LogP contribution in [0.1, 0.15) is 13.8 Å². The second-order valence-corrected chi connectivity index (χ2v) is 5.18. The van der Waals surface area contributed by atoms with E-state index in [4.69, 9.17) is 0 Å². The van der Waals surface area contributed by atoms with E-state index in [-0.39, 0.29) is 0 Å². The number of benzene rings is 2. The van der Waals surface area contributed by atoms with Crippen molar-refractivity contribution >= 4 is 38.2 Å². The van der Waals surface area contributed by atoms with Crippen LogP contribution in [0.3, 0.4) is 0 Å². The van der Waals surface area contributed by atoms with Crippen LogP contribution in [0.25, 0.3) is 20.9 Å². The SMILES string of the molecule is CCN(CC)c1nsc2cc3ccccc3cc12. The first-order chi connectivity index (χ1) is 8.83. The van der Waals surface area contributed by atoms with Crippen LogP contribution in [-0.2, 0) is 0 Å². The van der Waals surface area contributed by atoms with Gasteiger partial charge in [-0.3, -0.25) is 0 Å². The minimum atomic E-state index is 1.00. The maximum absolute atomic E-state index is 4.63. The highest BCUT2D eigenvalue weighted by molar-refractivity contribution is 7.13. The largest absolute Gasteiger partial charge is 0.356 e. The molecule has 0 unspecified atom stereocenters. The van der Waals surface area contributed by atoms with E-state index in [0.717, 1.165) is 18.9 Å². The fourth-order valence-electron chi connectivity index (χ4n) is 2.36. The first kappa shape index (κ1) is 11.5. The van der Waals surface area contributed by atoms with E-state index in [0.29, 0.717) is 0 Å². The normalized spacial score (nSPS) is 11.2. The van der Waals surface area contributed by atoms with Crippen molar-refractivity contribution in [3.05, 3.63) is 36.4 Å². The molecule has 0 aliphatic carbocycles. The van der Waals surface area contributed by atoms with Crippen molar-refractivity contribution in [1.29, 1.82) is 0 Å². The van der Waals surface area contributed by atoms with E-state index in [1.54, 1.807) is 11.5 Å². The molecule has 0 spiro atoms. The Labute approximate surface area is 111 Å². The topological polar surface area (TPSA) is 16.1 Å². The standard InChI is InChI=1S/C15H16N2S/c1-3-17(4-2)15-13-9-11-7-5-6-8-12(11)10-14(13)18-16-15/h5-10H,3-4H2,1-2H3. The maximum atomic E-state index is 4.63. The molecule has 0 aliphatic heterocycles. The van der Waals surface area contributed by atoms with Crippen LogP contribution in [0.4, 0.5) is 5.82 Å². The molecule has 92 valence electrons. The van der Waals surface area contributed by atoms with Gasteiger partial charge >= 0.3 is 0 Å². The Bertz CT molecular complexity index is 683. The van der Waals surface area contributed by atoms with Gasteiger partial charge in [0.15, 0.2) is 0 Å². The average molecular weight is 256 g/mol. The summed E-state index contributed by atoms with van der Waals surface area (Å²) in [6.45, 7) is 6.36. The van der Waals surface area contributed by atoms with Crippen LogP contribution in [0.15, 0.2) is 36.4 Å². The van der Waals surface area contributed by atoms with Gasteiger partial charge in [0.05, 0.1) is 4.70 Å². The van der Waals surface area contributed by atoms with Crippen LogP contribution in [0.2, 0.25) is 0 Å². The minimum Gasteiger partial charge on any atom is -0.356 e. The Morgan fingerprint density at radius 3 is 2.39 bits per heavy atom. The highest BCUT2D eigenvalue weighted by atomic mass is 32.1. The van der Waals surface area contributed by atoms with E-state index in [9.17, 15) is 0 Å². The molecular formula is C15H16N2S. The zero-order valence-electron chi connectivity index (χ0n) is 10.7. The molecule has 3 heteroatoms. The van der Waals surface area contributed by atoms with Crippen molar-refractivity contribution in [2.24, 2.45) is 0 Å².